The molecule has 0 saturated carbocycles. The molecule has 1 aliphatic rings. The smallest absolute Gasteiger partial charge is 0.229 e. The van der Waals surface area contributed by atoms with Crippen LogP contribution in [0.1, 0.15) is 29.0 Å². The van der Waals surface area contributed by atoms with Gasteiger partial charge in [0.15, 0.2) is 5.11 Å². The highest BCUT2D eigenvalue weighted by molar-refractivity contribution is 7.92. The van der Waals surface area contributed by atoms with E-state index in [9.17, 15) is 8.42 Å². The summed E-state index contributed by atoms with van der Waals surface area (Å²) in [6.07, 6.45) is 4.99. The van der Waals surface area contributed by atoms with Gasteiger partial charge >= 0.3 is 0 Å². The van der Waals surface area contributed by atoms with Crippen molar-refractivity contribution >= 4 is 44.4 Å². The minimum Gasteiger partial charge on any atom is -0.378 e. The van der Waals surface area contributed by atoms with E-state index in [4.69, 9.17) is 12.2 Å². The van der Waals surface area contributed by atoms with Crippen LogP contribution in [-0.4, -0.2) is 43.4 Å². The maximum absolute atomic E-state index is 11.8. The zero-order valence-corrected chi connectivity index (χ0v) is 23.3. The lowest BCUT2D eigenvalue weighted by Crippen LogP contribution is -2.30. The van der Waals surface area contributed by atoms with Gasteiger partial charge in [-0.2, -0.15) is 0 Å². The molecule has 4 aromatic rings. The molecule has 8 nitrogen and oxygen atoms in total. The van der Waals surface area contributed by atoms with E-state index in [1.54, 1.807) is 12.3 Å². The van der Waals surface area contributed by atoms with Crippen LogP contribution < -0.4 is 19.8 Å². The van der Waals surface area contributed by atoms with Crippen LogP contribution in [0.25, 0.3) is 5.69 Å². The third kappa shape index (κ3) is 5.09. The van der Waals surface area contributed by atoms with Gasteiger partial charge in [0, 0.05) is 49.2 Å². The lowest BCUT2D eigenvalue weighted by atomic mass is 10.0. The molecule has 38 heavy (non-hydrogen) atoms. The molecule has 0 amide bonds. The number of nitrogens with zero attached hydrogens (tertiary/aromatic N) is 4. The van der Waals surface area contributed by atoms with Gasteiger partial charge in [0.1, 0.15) is 6.04 Å². The molecule has 0 aliphatic carbocycles. The van der Waals surface area contributed by atoms with Crippen molar-refractivity contribution in [2.45, 2.75) is 19.0 Å². The number of benzene rings is 2. The number of hydrogen-bond donors (Lipinski definition) is 2. The summed E-state index contributed by atoms with van der Waals surface area (Å²) < 4.78 is 28.4. The molecule has 2 aromatic heterocycles. The van der Waals surface area contributed by atoms with Gasteiger partial charge in [-0.3, -0.25) is 9.71 Å². The number of nitrogens with one attached hydrogen (secondary N) is 2. The van der Waals surface area contributed by atoms with Crippen molar-refractivity contribution in [2.75, 3.05) is 34.9 Å². The number of sulfonamides is 1. The highest BCUT2D eigenvalue weighted by Gasteiger charge is 2.42. The summed E-state index contributed by atoms with van der Waals surface area (Å²) >= 11 is 5.88. The number of anilines is 3. The van der Waals surface area contributed by atoms with Gasteiger partial charge in [-0.15, -0.1) is 0 Å². The summed E-state index contributed by atoms with van der Waals surface area (Å²) in [4.78, 5) is 8.81. The minimum atomic E-state index is -3.39. The number of aryl methyl sites for hydroxylation is 1. The van der Waals surface area contributed by atoms with Crippen LogP contribution in [0.3, 0.4) is 0 Å². The van der Waals surface area contributed by atoms with Crippen molar-refractivity contribution in [1.82, 2.24) is 14.9 Å². The number of hydrogen-bond acceptors (Lipinski definition) is 5. The maximum atomic E-state index is 11.8. The molecular weight excluding hydrogens is 516 g/mol. The second-order valence-corrected chi connectivity index (χ2v) is 11.7. The Bertz CT molecular complexity index is 1570. The molecular formula is C28H30N6O2S2. The number of rotatable bonds is 7. The molecule has 3 heterocycles. The summed E-state index contributed by atoms with van der Waals surface area (Å²) in [5.41, 5.74) is 6.28. The first kappa shape index (κ1) is 25.7. The Kier molecular flexibility index (Phi) is 6.85. The highest BCUT2D eigenvalue weighted by Crippen LogP contribution is 2.43. The van der Waals surface area contributed by atoms with Crippen LogP contribution in [-0.2, 0) is 10.0 Å². The molecule has 5 rings (SSSR count). The first-order valence-corrected chi connectivity index (χ1v) is 14.5. The molecule has 2 N–H and O–H groups in total. The van der Waals surface area contributed by atoms with Crippen LogP contribution in [0.2, 0.25) is 0 Å². The Balaban J connectivity index is 1.61. The van der Waals surface area contributed by atoms with Crippen LogP contribution in [0.5, 0.6) is 0 Å². The van der Waals surface area contributed by atoms with Gasteiger partial charge in [0.2, 0.25) is 10.0 Å². The Labute approximate surface area is 229 Å². The Morgan fingerprint density at radius 2 is 1.74 bits per heavy atom. The van der Waals surface area contributed by atoms with E-state index < -0.39 is 10.0 Å². The van der Waals surface area contributed by atoms with Gasteiger partial charge in [0.25, 0.3) is 0 Å². The fourth-order valence-electron chi connectivity index (χ4n) is 4.83. The zero-order valence-electron chi connectivity index (χ0n) is 21.7. The molecule has 0 radical (unpaired) electrons. The lowest BCUT2D eigenvalue weighted by molar-refractivity contribution is 0.549. The fourth-order valence-corrected chi connectivity index (χ4v) is 5.80. The predicted octanol–water partition coefficient (Wildman–Crippen LogP) is 4.80. The van der Waals surface area contributed by atoms with Crippen LogP contribution >= 0.6 is 12.2 Å². The van der Waals surface area contributed by atoms with Gasteiger partial charge in [-0.1, -0.05) is 6.07 Å². The largest absolute Gasteiger partial charge is 0.378 e. The topological polar surface area (TPSA) is 82.5 Å². The van der Waals surface area contributed by atoms with E-state index in [2.05, 4.69) is 65.9 Å². The van der Waals surface area contributed by atoms with Crippen molar-refractivity contribution in [1.29, 1.82) is 0 Å². The summed E-state index contributed by atoms with van der Waals surface area (Å²) in [6.45, 7) is 1.88. The van der Waals surface area contributed by atoms with Gasteiger partial charge in [-0.05, 0) is 91.4 Å². The monoisotopic (exact) mass is 546 g/mol. The third-order valence-corrected chi connectivity index (χ3v) is 7.51. The first-order chi connectivity index (χ1) is 18.1. The van der Waals surface area contributed by atoms with E-state index in [0.717, 1.165) is 40.3 Å². The van der Waals surface area contributed by atoms with E-state index in [-0.39, 0.29) is 12.1 Å². The van der Waals surface area contributed by atoms with Crippen molar-refractivity contribution in [3.05, 3.63) is 102 Å². The van der Waals surface area contributed by atoms with E-state index in [0.29, 0.717) is 10.8 Å². The van der Waals surface area contributed by atoms with Gasteiger partial charge < -0.3 is 19.7 Å². The fraction of sp³-hybridized carbons (Fsp3) is 0.214. The van der Waals surface area contributed by atoms with Crippen LogP contribution in [0.15, 0.2) is 85.2 Å². The highest BCUT2D eigenvalue weighted by atomic mass is 32.2. The molecule has 10 heteroatoms. The zero-order chi connectivity index (χ0) is 27.0. The van der Waals surface area contributed by atoms with Crippen LogP contribution in [0.4, 0.5) is 17.1 Å². The normalized spacial score (nSPS) is 17.4. The summed E-state index contributed by atoms with van der Waals surface area (Å²) in [5, 5.41) is 4.07. The van der Waals surface area contributed by atoms with Crippen molar-refractivity contribution in [3.63, 3.8) is 0 Å². The van der Waals surface area contributed by atoms with E-state index in [1.807, 2.05) is 57.4 Å². The molecule has 2 aromatic carbocycles. The third-order valence-electron chi connectivity index (χ3n) is 6.61. The second-order valence-electron chi connectivity index (χ2n) is 9.58. The first-order valence-electron chi connectivity index (χ1n) is 12.2. The van der Waals surface area contributed by atoms with Crippen molar-refractivity contribution in [3.8, 4) is 5.69 Å². The molecule has 0 bridgehead atoms. The molecule has 196 valence electrons. The van der Waals surface area contributed by atoms with Gasteiger partial charge in [0.05, 0.1) is 23.7 Å². The Morgan fingerprint density at radius 1 is 1.00 bits per heavy atom. The summed E-state index contributed by atoms with van der Waals surface area (Å²) in [7, 11) is 0.652. The number of thiocarbonyl (C=S) groups is 1. The Hall–Kier alpha value is -3.89. The summed E-state index contributed by atoms with van der Waals surface area (Å²) in [6, 6.07) is 23.6. The second kappa shape index (κ2) is 10.1. The average Bonchev–Trinajstić information content (AvgIpc) is 3.49. The average molecular weight is 547 g/mol. The molecule has 1 fully saturated rings. The van der Waals surface area contributed by atoms with E-state index >= 15 is 0 Å². The van der Waals surface area contributed by atoms with Crippen molar-refractivity contribution in [2.24, 2.45) is 0 Å². The molecule has 1 aliphatic heterocycles. The maximum Gasteiger partial charge on any atom is 0.229 e. The number of pyridine rings is 1. The SMILES string of the molecule is Cc1cc(N2C(=S)N[C@@H](c3ccccn3)[C@H]2c2cccn2-c2ccc(N(C)C)cc2)ccc1NS(C)(=O)=O. The lowest BCUT2D eigenvalue weighted by Gasteiger charge is -2.29. The quantitative estimate of drug-likeness (QED) is 0.323. The standard InChI is InChI=1S/C28H30N6O2S2/c1-19-18-22(14-15-23(19)31-38(4,35)36)34-27(26(30-28(34)37)24-8-5-6-16-29-24)25-9-7-17-33(25)21-12-10-20(11-13-21)32(2)3/h5-18,26-27,31H,1-4H3,(H,30,37)/t26-,27+/m0/s1. The Morgan fingerprint density at radius 3 is 2.37 bits per heavy atom. The minimum absolute atomic E-state index is 0.201. The molecule has 1 saturated heterocycles. The number of aromatic nitrogens is 2. The molecule has 2 atom stereocenters. The van der Waals surface area contributed by atoms with E-state index in [1.165, 1.54) is 0 Å². The van der Waals surface area contributed by atoms with Crippen molar-refractivity contribution < 1.29 is 8.42 Å². The summed E-state index contributed by atoms with van der Waals surface area (Å²) in [5.74, 6) is 0. The van der Waals surface area contributed by atoms with Crippen LogP contribution in [0, 0.1) is 6.92 Å². The van der Waals surface area contributed by atoms with Gasteiger partial charge in [-0.25, -0.2) is 8.42 Å². The molecule has 0 spiro atoms. The molecule has 0 unspecified atom stereocenters. The predicted molar refractivity (Wildman–Crippen MR) is 158 cm³/mol.